The first-order valence-corrected chi connectivity index (χ1v) is 5.70. The molecule has 0 radical (unpaired) electrons. The number of hydrogen-bond acceptors (Lipinski definition) is 3. The molecule has 16 heavy (non-hydrogen) atoms. The highest BCUT2D eigenvalue weighted by Gasteiger charge is 2.20. The largest absolute Gasteiger partial charge is 0.316 e. The number of nitrogens with one attached hydrogen (secondary N) is 1. The maximum atomic E-state index is 10.8. The molecule has 1 aliphatic rings. The van der Waals surface area contributed by atoms with E-state index in [2.05, 4.69) is 5.32 Å². The Labute approximate surface area is 94.8 Å². The normalized spacial score (nSPS) is 15.0. The topological polar surface area (TPSA) is 55.2 Å². The van der Waals surface area contributed by atoms with E-state index in [0.29, 0.717) is 0 Å². The summed E-state index contributed by atoms with van der Waals surface area (Å²) in [5, 5.41) is 14.1. The summed E-state index contributed by atoms with van der Waals surface area (Å²) >= 11 is 0. The maximum Gasteiger partial charge on any atom is 0.272 e. The molecule has 0 amide bonds. The van der Waals surface area contributed by atoms with Crippen molar-refractivity contribution in [1.29, 1.82) is 0 Å². The first-order chi connectivity index (χ1) is 7.77. The van der Waals surface area contributed by atoms with Gasteiger partial charge in [0, 0.05) is 11.6 Å². The van der Waals surface area contributed by atoms with Crippen molar-refractivity contribution < 1.29 is 4.92 Å². The van der Waals surface area contributed by atoms with Gasteiger partial charge in [0.2, 0.25) is 0 Å². The van der Waals surface area contributed by atoms with Crippen molar-refractivity contribution >= 4 is 5.69 Å². The number of nitro groups is 1. The van der Waals surface area contributed by atoms with E-state index in [1.807, 2.05) is 12.1 Å². The van der Waals surface area contributed by atoms with E-state index in [-0.39, 0.29) is 10.6 Å². The number of hydrogen-bond donors (Lipinski definition) is 1. The second-order valence-corrected chi connectivity index (χ2v) is 4.28. The summed E-state index contributed by atoms with van der Waals surface area (Å²) in [7, 11) is 0. The fourth-order valence-corrected chi connectivity index (χ4v) is 1.75. The zero-order valence-corrected chi connectivity index (χ0v) is 9.19. The van der Waals surface area contributed by atoms with Crippen LogP contribution in [-0.4, -0.2) is 18.0 Å². The third kappa shape index (κ3) is 3.03. The van der Waals surface area contributed by atoms with E-state index in [1.54, 1.807) is 12.1 Å². The molecule has 0 heterocycles. The molecule has 0 atom stereocenters. The average molecular weight is 220 g/mol. The number of rotatable bonds is 6. The Bertz CT molecular complexity index is 375. The zero-order valence-electron chi connectivity index (χ0n) is 9.19. The van der Waals surface area contributed by atoms with Gasteiger partial charge in [0.25, 0.3) is 5.69 Å². The molecule has 0 unspecified atom stereocenters. The number of nitrogens with zero attached hydrogens (tertiary/aromatic N) is 1. The molecule has 1 N–H and O–H groups in total. The minimum Gasteiger partial charge on any atom is -0.316 e. The molecule has 4 nitrogen and oxygen atoms in total. The van der Waals surface area contributed by atoms with E-state index in [0.717, 1.165) is 31.0 Å². The van der Waals surface area contributed by atoms with Gasteiger partial charge in [0.05, 0.1) is 4.92 Å². The molecule has 1 aromatic carbocycles. The molecule has 1 saturated carbocycles. The zero-order chi connectivity index (χ0) is 11.4. The van der Waals surface area contributed by atoms with Gasteiger partial charge in [0.15, 0.2) is 0 Å². The Morgan fingerprint density at radius 3 is 2.81 bits per heavy atom. The molecule has 0 aromatic heterocycles. The molecule has 0 aliphatic heterocycles. The Balaban J connectivity index is 1.84. The first-order valence-electron chi connectivity index (χ1n) is 5.70. The third-order valence-electron chi connectivity index (χ3n) is 2.89. The molecular formula is C12H16N2O2. The van der Waals surface area contributed by atoms with Crippen LogP contribution in [0, 0.1) is 16.0 Å². The standard InChI is InChI=1S/C12H16N2O2/c15-14(16)12-4-2-1-3-11(12)7-8-13-9-10-5-6-10/h1-4,10,13H,5-9H2. The van der Waals surface area contributed by atoms with Crippen LogP contribution in [0.25, 0.3) is 0 Å². The van der Waals surface area contributed by atoms with Gasteiger partial charge in [-0.05, 0) is 38.3 Å². The van der Waals surface area contributed by atoms with Crippen LogP contribution >= 0.6 is 0 Å². The van der Waals surface area contributed by atoms with Crippen molar-refractivity contribution in [2.75, 3.05) is 13.1 Å². The van der Waals surface area contributed by atoms with Crippen molar-refractivity contribution in [2.45, 2.75) is 19.3 Å². The molecule has 1 fully saturated rings. The average Bonchev–Trinajstić information content (AvgIpc) is 3.08. The minimum absolute atomic E-state index is 0.232. The van der Waals surface area contributed by atoms with Gasteiger partial charge in [-0.1, -0.05) is 18.2 Å². The van der Waals surface area contributed by atoms with Crippen LogP contribution in [0.1, 0.15) is 18.4 Å². The van der Waals surface area contributed by atoms with Crippen LogP contribution in [0.5, 0.6) is 0 Å². The summed E-state index contributed by atoms with van der Waals surface area (Å²) in [5.74, 6) is 0.853. The van der Waals surface area contributed by atoms with Gasteiger partial charge in [-0.3, -0.25) is 10.1 Å². The molecule has 1 aliphatic carbocycles. The first kappa shape index (κ1) is 11.1. The molecule has 86 valence electrons. The Morgan fingerprint density at radius 1 is 1.38 bits per heavy atom. The number of nitro benzene ring substituents is 1. The molecular weight excluding hydrogens is 204 g/mol. The smallest absolute Gasteiger partial charge is 0.272 e. The minimum atomic E-state index is -0.309. The summed E-state index contributed by atoms with van der Waals surface area (Å²) in [6.07, 6.45) is 3.39. The fourth-order valence-electron chi connectivity index (χ4n) is 1.75. The highest BCUT2D eigenvalue weighted by atomic mass is 16.6. The van der Waals surface area contributed by atoms with E-state index in [9.17, 15) is 10.1 Å². The lowest BCUT2D eigenvalue weighted by molar-refractivity contribution is -0.385. The summed E-state index contributed by atoms with van der Waals surface area (Å²) in [4.78, 5) is 10.4. The van der Waals surface area contributed by atoms with Crippen LogP contribution in [0.4, 0.5) is 5.69 Å². The lowest BCUT2D eigenvalue weighted by atomic mass is 10.1. The van der Waals surface area contributed by atoms with E-state index >= 15 is 0 Å². The van der Waals surface area contributed by atoms with Gasteiger partial charge in [-0.2, -0.15) is 0 Å². The van der Waals surface area contributed by atoms with Crippen LogP contribution in [0.3, 0.4) is 0 Å². The van der Waals surface area contributed by atoms with E-state index < -0.39 is 0 Å². The predicted molar refractivity (Wildman–Crippen MR) is 62.4 cm³/mol. The predicted octanol–water partition coefficient (Wildman–Crippen LogP) is 2.14. The Kier molecular flexibility index (Phi) is 3.51. The summed E-state index contributed by atoms with van der Waals surface area (Å²) in [5.41, 5.74) is 1.05. The van der Waals surface area contributed by atoms with Crippen LogP contribution in [-0.2, 0) is 6.42 Å². The van der Waals surface area contributed by atoms with Crippen LogP contribution < -0.4 is 5.32 Å². The van der Waals surface area contributed by atoms with Crippen molar-refractivity contribution in [2.24, 2.45) is 5.92 Å². The second-order valence-electron chi connectivity index (χ2n) is 4.28. The van der Waals surface area contributed by atoms with Crippen molar-refractivity contribution in [1.82, 2.24) is 5.32 Å². The Hall–Kier alpha value is -1.42. The monoisotopic (exact) mass is 220 g/mol. The lowest BCUT2D eigenvalue weighted by Crippen LogP contribution is -2.20. The number of benzene rings is 1. The van der Waals surface area contributed by atoms with Gasteiger partial charge in [-0.25, -0.2) is 0 Å². The summed E-state index contributed by atoms with van der Waals surface area (Å²) in [6, 6.07) is 6.95. The fraction of sp³-hybridized carbons (Fsp3) is 0.500. The quantitative estimate of drug-likeness (QED) is 0.454. The number of para-hydroxylation sites is 1. The molecule has 2 rings (SSSR count). The van der Waals surface area contributed by atoms with Gasteiger partial charge < -0.3 is 5.32 Å². The van der Waals surface area contributed by atoms with Crippen molar-refractivity contribution in [3.8, 4) is 0 Å². The molecule has 4 heteroatoms. The van der Waals surface area contributed by atoms with Crippen LogP contribution in [0.2, 0.25) is 0 Å². The Morgan fingerprint density at radius 2 is 2.12 bits per heavy atom. The molecule has 0 spiro atoms. The van der Waals surface area contributed by atoms with Gasteiger partial charge >= 0.3 is 0 Å². The summed E-state index contributed by atoms with van der Waals surface area (Å²) < 4.78 is 0. The summed E-state index contributed by atoms with van der Waals surface area (Å²) in [6.45, 7) is 1.88. The highest BCUT2D eigenvalue weighted by molar-refractivity contribution is 5.39. The SMILES string of the molecule is O=[N+]([O-])c1ccccc1CCNCC1CC1. The van der Waals surface area contributed by atoms with Gasteiger partial charge in [0.1, 0.15) is 0 Å². The third-order valence-corrected chi connectivity index (χ3v) is 2.89. The van der Waals surface area contributed by atoms with E-state index in [1.165, 1.54) is 12.8 Å². The van der Waals surface area contributed by atoms with Crippen molar-refractivity contribution in [3.05, 3.63) is 39.9 Å². The maximum absolute atomic E-state index is 10.8. The van der Waals surface area contributed by atoms with Crippen LogP contribution in [0.15, 0.2) is 24.3 Å². The highest BCUT2D eigenvalue weighted by Crippen LogP contribution is 2.27. The van der Waals surface area contributed by atoms with Gasteiger partial charge in [-0.15, -0.1) is 0 Å². The lowest BCUT2D eigenvalue weighted by Gasteiger charge is -2.04. The van der Waals surface area contributed by atoms with Crippen molar-refractivity contribution in [3.63, 3.8) is 0 Å². The second kappa shape index (κ2) is 5.07. The molecule has 0 saturated heterocycles. The van der Waals surface area contributed by atoms with E-state index in [4.69, 9.17) is 0 Å². The molecule has 0 bridgehead atoms. The molecule has 1 aromatic rings.